The van der Waals surface area contributed by atoms with Crippen LogP contribution in [0.4, 0.5) is 26.3 Å². The lowest BCUT2D eigenvalue weighted by Crippen LogP contribution is -2.14. The van der Waals surface area contributed by atoms with Crippen LogP contribution in [-0.4, -0.2) is 16.5 Å². The first-order valence-electron chi connectivity index (χ1n) is 6.57. The summed E-state index contributed by atoms with van der Waals surface area (Å²) < 4.78 is 77.4. The number of aromatic amines is 1. The minimum absolute atomic E-state index is 0.106. The lowest BCUT2D eigenvalue weighted by molar-refractivity contribution is -0.142. The van der Waals surface area contributed by atoms with E-state index < -0.39 is 29.0 Å². The van der Waals surface area contributed by atoms with Crippen LogP contribution in [0.2, 0.25) is 0 Å². The Kier molecular flexibility index (Phi) is 3.35. The summed E-state index contributed by atoms with van der Waals surface area (Å²) in [5, 5.41) is 3.04. The number of imidazole rings is 1. The van der Waals surface area contributed by atoms with Gasteiger partial charge < -0.3 is 10.3 Å². The molecule has 1 unspecified atom stereocenters. The normalized spacial score (nSPS) is 20.0. The van der Waals surface area contributed by atoms with E-state index in [1.807, 2.05) is 0 Å². The Morgan fingerprint density at radius 3 is 2.32 bits per heavy atom. The van der Waals surface area contributed by atoms with E-state index in [0.29, 0.717) is 19.0 Å². The number of hydrogen-bond acceptors (Lipinski definition) is 2. The summed E-state index contributed by atoms with van der Waals surface area (Å²) >= 11 is 0. The second-order valence-electron chi connectivity index (χ2n) is 5.19. The molecular formula is C13H11F6N3. The number of nitrogens with zero attached hydrogens (tertiary/aromatic N) is 1. The molecule has 1 atom stereocenters. The van der Waals surface area contributed by atoms with Crippen molar-refractivity contribution in [3.8, 4) is 0 Å². The van der Waals surface area contributed by atoms with E-state index in [9.17, 15) is 26.3 Å². The van der Waals surface area contributed by atoms with E-state index >= 15 is 0 Å². The Morgan fingerprint density at radius 1 is 1.05 bits per heavy atom. The molecule has 2 aromatic rings. The van der Waals surface area contributed by atoms with Crippen molar-refractivity contribution in [2.24, 2.45) is 0 Å². The number of hydrogen-bond donors (Lipinski definition) is 2. The molecule has 1 saturated heterocycles. The Bertz CT molecular complexity index is 694. The SMILES string of the molecule is FC(F)(F)c1cc(C(F)(F)F)c2nc(C3CCCN3)[nH]c2c1. The quantitative estimate of drug-likeness (QED) is 0.778. The van der Waals surface area contributed by atoms with Crippen molar-refractivity contribution < 1.29 is 26.3 Å². The van der Waals surface area contributed by atoms with Crippen LogP contribution in [0.15, 0.2) is 12.1 Å². The molecule has 1 aliphatic heterocycles. The minimum atomic E-state index is -4.91. The van der Waals surface area contributed by atoms with Crippen molar-refractivity contribution in [3.05, 3.63) is 29.1 Å². The minimum Gasteiger partial charge on any atom is -0.341 e. The Labute approximate surface area is 120 Å². The molecule has 120 valence electrons. The molecule has 3 nitrogen and oxygen atoms in total. The standard InChI is InChI=1S/C13H11F6N3/c14-12(15,16)6-4-7(13(17,18)19)10-9(5-6)21-11(22-10)8-2-1-3-20-8/h4-5,8,20H,1-3H2,(H,21,22). The highest BCUT2D eigenvalue weighted by Crippen LogP contribution is 2.39. The van der Waals surface area contributed by atoms with Gasteiger partial charge in [-0.1, -0.05) is 0 Å². The highest BCUT2D eigenvalue weighted by atomic mass is 19.4. The van der Waals surface area contributed by atoms with Crippen LogP contribution in [0.5, 0.6) is 0 Å². The van der Waals surface area contributed by atoms with Crippen LogP contribution >= 0.6 is 0 Å². The highest BCUT2D eigenvalue weighted by molar-refractivity contribution is 5.80. The Morgan fingerprint density at radius 2 is 1.77 bits per heavy atom. The van der Waals surface area contributed by atoms with Crippen molar-refractivity contribution in [1.82, 2.24) is 15.3 Å². The molecule has 2 N–H and O–H groups in total. The maximum atomic E-state index is 13.0. The van der Waals surface area contributed by atoms with Gasteiger partial charge in [0.25, 0.3) is 0 Å². The molecule has 2 heterocycles. The van der Waals surface area contributed by atoms with Gasteiger partial charge in [-0.25, -0.2) is 4.98 Å². The van der Waals surface area contributed by atoms with E-state index in [4.69, 9.17) is 0 Å². The molecule has 1 fully saturated rings. The topological polar surface area (TPSA) is 40.7 Å². The van der Waals surface area contributed by atoms with Crippen LogP contribution < -0.4 is 5.32 Å². The van der Waals surface area contributed by atoms with E-state index in [1.54, 1.807) is 0 Å². The monoisotopic (exact) mass is 323 g/mol. The molecule has 1 aliphatic rings. The smallest absolute Gasteiger partial charge is 0.341 e. The molecule has 22 heavy (non-hydrogen) atoms. The van der Waals surface area contributed by atoms with E-state index in [-0.39, 0.29) is 23.4 Å². The lowest BCUT2D eigenvalue weighted by atomic mass is 10.1. The second kappa shape index (κ2) is 4.87. The van der Waals surface area contributed by atoms with E-state index in [2.05, 4.69) is 15.3 Å². The molecule has 0 bridgehead atoms. The highest BCUT2D eigenvalue weighted by Gasteiger charge is 2.39. The van der Waals surface area contributed by atoms with Gasteiger partial charge in [-0.3, -0.25) is 0 Å². The largest absolute Gasteiger partial charge is 0.418 e. The molecule has 0 aliphatic carbocycles. The van der Waals surface area contributed by atoms with Crippen molar-refractivity contribution in [1.29, 1.82) is 0 Å². The average molecular weight is 323 g/mol. The number of fused-ring (bicyclic) bond motifs is 1. The molecule has 0 spiro atoms. The fraction of sp³-hybridized carbons (Fsp3) is 0.462. The zero-order valence-corrected chi connectivity index (χ0v) is 11.1. The van der Waals surface area contributed by atoms with Crippen molar-refractivity contribution in [3.63, 3.8) is 0 Å². The molecule has 3 rings (SSSR count). The van der Waals surface area contributed by atoms with Crippen LogP contribution in [-0.2, 0) is 12.4 Å². The summed E-state index contributed by atoms with van der Waals surface area (Å²) in [5.41, 5.74) is -3.46. The predicted octanol–water partition coefficient (Wildman–Crippen LogP) is 4.03. The Hall–Kier alpha value is -1.77. The second-order valence-corrected chi connectivity index (χ2v) is 5.19. The van der Waals surface area contributed by atoms with Gasteiger partial charge in [-0.15, -0.1) is 0 Å². The van der Waals surface area contributed by atoms with Crippen LogP contribution in [0.3, 0.4) is 0 Å². The zero-order chi connectivity index (χ0) is 16.1. The van der Waals surface area contributed by atoms with Gasteiger partial charge >= 0.3 is 12.4 Å². The van der Waals surface area contributed by atoms with Crippen LogP contribution in [0.1, 0.15) is 35.8 Å². The maximum Gasteiger partial charge on any atom is 0.418 e. The summed E-state index contributed by atoms with van der Waals surface area (Å²) in [5.74, 6) is 0.234. The number of halogens is 6. The zero-order valence-electron chi connectivity index (χ0n) is 11.1. The van der Waals surface area contributed by atoms with Crippen molar-refractivity contribution >= 4 is 11.0 Å². The molecule has 0 radical (unpaired) electrons. The van der Waals surface area contributed by atoms with Gasteiger partial charge in [0.1, 0.15) is 11.3 Å². The van der Waals surface area contributed by atoms with Gasteiger partial charge in [0.05, 0.1) is 22.7 Å². The number of nitrogens with one attached hydrogen (secondary N) is 2. The first kappa shape index (κ1) is 15.1. The molecular weight excluding hydrogens is 312 g/mol. The molecule has 0 saturated carbocycles. The third-order valence-electron chi connectivity index (χ3n) is 3.63. The third-order valence-corrected chi connectivity index (χ3v) is 3.63. The first-order chi connectivity index (χ1) is 10.2. The summed E-state index contributed by atoms with van der Waals surface area (Å²) in [6.07, 6.45) is -8.25. The molecule has 1 aromatic heterocycles. The maximum absolute atomic E-state index is 13.0. The fourth-order valence-corrected chi connectivity index (χ4v) is 2.60. The first-order valence-corrected chi connectivity index (χ1v) is 6.57. The van der Waals surface area contributed by atoms with Crippen LogP contribution in [0.25, 0.3) is 11.0 Å². The van der Waals surface area contributed by atoms with Gasteiger partial charge in [-0.05, 0) is 31.5 Å². The van der Waals surface area contributed by atoms with E-state index in [0.717, 1.165) is 6.42 Å². The summed E-state index contributed by atoms with van der Waals surface area (Å²) in [6, 6.07) is 0.508. The van der Waals surface area contributed by atoms with Crippen LogP contribution in [0, 0.1) is 0 Å². The van der Waals surface area contributed by atoms with Gasteiger partial charge in [0.2, 0.25) is 0 Å². The van der Waals surface area contributed by atoms with Crippen molar-refractivity contribution in [2.45, 2.75) is 31.2 Å². The lowest BCUT2D eigenvalue weighted by Gasteiger charge is -2.11. The predicted molar refractivity (Wildman–Crippen MR) is 66.1 cm³/mol. The number of aromatic nitrogens is 2. The van der Waals surface area contributed by atoms with Gasteiger partial charge in [-0.2, -0.15) is 26.3 Å². The number of rotatable bonds is 1. The number of alkyl halides is 6. The fourth-order valence-electron chi connectivity index (χ4n) is 2.60. The number of H-pyrrole nitrogens is 1. The van der Waals surface area contributed by atoms with Gasteiger partial charge in [0.15, 0.2) is 0 Å². The van der Waals surface area contributed by atoms with Crippen molar-refractivity contribution in [2.75, 3.05) is 6.54 Å². The van der Waals surface area contributed by atoms with Gasteiger partial charge in [0, 0.05) is 0 Å². The molecule has 0 amide bonds. The number of benzene rings is 1. The average Bonchev–Trinajstić information content (AvgIpc) is 3.03. The third kappa shape index (κ3) is 2.65. The molecule has 9 heteroatoms. The van der Waals surface area contributed by atoms with E-state index in [1.165, 1.54) is 0 Å². The summed E-state index contributed by atoms with van der Waals surface area (Å²) in [7, 11) is 0. The molecule has 1 aromatic carbocycles. The summed E-state index contributed by atoms with van der Waals surface area (Å²) in [4.78, 5) is 6.47. The summed E-state index contributed by atoms with van der Waals surface area (Å²) in [6.45, 7) is 0.696. The Balaban J connectivity index is 2.20.